The summed E-state index contributed by atoms with van der Waals surface area (Å²) < 4.78 is 5.96. The van der Waals surface area contributed by atoms with Gasteiger partial charge >= 0.3 is 0 Å². The molecule has 158 valence electrons. The number of nitrogens with one attached hydrogen (secondary N) is 2. The van der Waals surface area contributed by atoms with Crippen molar-refractivity contribution in [3.05, 3.63) is 54.1 Å². The molecule has 1 heterocycles. The fourth-order valence-corrected chi connectivity index (χ4v) is 3.68. The molecule has 0 radical (unpaired) electrons. The number of hydrogen-bond donors (Lipinski definition) is 2. The molecule has 6 nitrogen and oxygen atoms in total. The van der Waals surface area contributed by atoms with E-state index in [2.05, 4.69) is 15.5 Å². The number of likely N-dealkylation sites (tertiary alicyclic amines) is 1. The summed E-state index contributed by atoms with van der Waals surface area (Å²) in [6.45, 7) is 3.99. The first-order valence-corrected chi connectivity index (χ1v) is 10.7. The Labute approximate surface area is 177 Å². The van der Waals surface area contributed by atoms with Crippen LogP contribution in [0.3, 0.4) is 0 Å². The van der Waals surface area contributed by atoms with Crippen molar-refractivity contribution in [1.29, 1.82) is 0 Å². The molecular formula is C24H29N3O3. The molecule has 0 atom stereocenters. The lowest BCUT2D eigenvalue weighted by molar-refractivity contribution is -0.123. The van der Waals surface area contributed by atoms with Crippen LogP contribution in [0.1, 0.15) is 31.2 Å². The highest BCUT2D eigenvalue weighted by Crippen LogP contribution is 2.30. The Morgan fingerprint density at radius 3 is 2.40 bits per heavy atom. The number of amides is 2. The Morgan fingerprint density at radius 2 is 1.70 bits per heavy atom. The van der Waals surface area contributed by atoms with Crippen molar-refractivity contribution in [1.82, 2.24) is 10.2 Å². The summed E-state index contributed by atoms with van der Waals surface area (Å²) in [6.07, 6.45) is 3.83. The fraction of sp³-hybridized carbons (Fsp3) is 0.417. The highest BCUT2D eigenvalue weighted by molar-refractivity contribution is 5.93. The van der Waals surface area contributed by atoms with Crippen LogP contribution in [0.5, 0.6) is 11.5 Å². The molecule has 0 aromatic heterocycles. The van der Waals surface area contributed by atoms with Gasteiger partial charge in [-0.1, -0.05) is 29.8 Å². The van der Waals surface area contributed by atoms with Gasteiger partial charge in [0.05, 0.1) is 12.2 Å². The maximum atomic E-state index is 12.6. The largest absolute Gasteiger partial charge is 0.455 e. The number of hydrogen-bond acceptors (Lipinski definition) is 4. The van der Waals surface area contributed by atoms with E-state index in [1.165, 1.54) is 5.56 Å². The molecule has 2 aromatic carbocycles. The topological polar surface area (TPSA) is 70.7 Å². The van der Waals surface area contributed by atoms with Gasteiger partial charge in [-0.05, 0) is 56.9 Å². The van der Waals surface area contributed by atoms with Crippen LogP contribution >= 0.6 is 0 Å². The molecule has 4 rings (SSSR count). The lowest BCUT2D eigenvalue weighted by atomic mass is 10.0. The zero-order valence-corrected chi connectivity index (χ0v) is 17.4. The van der Waals surface area contributed by atoms with E-state index < -0.39 is 0 Å². The van der Waals surface area contributed by atoms with E-state index >= 15 is 0 Å². The number of para-hydroxylation sites is 2. The smallest absolute Gasteiger partial charge is 0.238 e. The van der Waals surface area contributed by atoms with Crippen molar-refractivity contribution in [2.45, 2.75) is 38.6 Å². The van der Waals surface area contributed by atoms with Crippen LogP contribution in [0.15, 0.2) is 48.5 Å². The van der Waals surface area contributed by atoms with Gasteiger partial charge in [0.25, 0.3) is 0 Å². The summed E-state index contributed by atoms with van der Waals surface area (Å²) >= 11 is 0. The van der Waals surface area contributed by atoms with Gasteiger partial charge in [-0.15, -0.1) is 0 Å². The maximum Gasteiger partial charge on any atom is 0.238 e. The monoisotopic (exact) mass is 407 g/mol. The van der Waals surface area contributed by atoms with Crippen molar-refractivity contribution in [2.75, 3.05) is 25.0 Å². The van der Waals surface area contributed by atoms with Gasteiger partial charge in [0.2, 0.25) is 11.8 Å². The molecule has 2 aliphatic rings. The third-order valence-corrected chi connectivity index (χ3v) is 5.66. The van der Waals surface area contributed by atoms with Gasteiger partial charge in [-0.25, -0.2) is 0 Å². The Balaban J connectivity index is 1.27. The predicted molar refractivity (Wildman–Crippen MR) is 117 cm³/mol. The molecule has 0 unspecified atom stereocenters. The number of benzene rings is 2. The summed E-state index contributed by atoms with van der Waals surface area (Å²) in [7, 11) is 0. The molecule has 1 aliphatic heterocycles. The summed E-state index contributed by atoms with van der Waals surface area (Å²) in [5.41, 5.74) is 1.83. The second kappa shape index (κ2) is 9.30. The van der Waals surface area contributed by atoms with Gasteiger partial charge in [0, 0.05) is 25.0 Å². The van der Waals surface area contributed by atoms with Crippen LogP contribution in [0.2, 0.25) is 0 Å². The molecule has 0 spiro atoms. The highest BCUT2D eigenvalue weighted by atomic mass is 16.5. The molecule has 0 bridgehead atoms. The molecule has 1 saturated heterocycles. The van der Waals surface area contributed by atoms with Crippen molar-refractivity contribution in [2.24, 2.45) is 5.92 Å². The zero-order valence-electron chi connectivity index (χ0n) is 17.4. The Hall–Kier alpha value is -2.86. The molecule has 2 aromatic rings. The molecular weight excluding hydrogens is 378 g/mol. The van der Waals surface area contributed by atoms with E-state index in [1.54, 1.807) is 0 Å². The van der Waals surface area contributed by atoms with Gasteiger partial charge in [-0.3, -0.25) is 14.5 Å². The maximum absolute atomic E-state index is 12.6. The molecule has 1 aliphatic carbocycles. The SMILES string of the molecule is Cc1ccc(Oc2ccccc2NC(=O)CN2CCC(NC(=O)C3CC3)CC2)cc1. The van der Waals surface area contributed by atoms with Gasteiger partial charge < -0.3 is 15.4 Å². The van der Waals surface area contributed by atoms with E-state index in [0.717, 1.165) is 44.5 Å². The minimum atomic E-state index is -0.0598. The molecule has 2 N–H and O–H groups in total. The van der Waals surface area contributed by atoms with Crippen LogP contribution in [-0.4, -0.2) is 42.4 Å². The number of aryl methyl sites for hydroxylation is 1. The van der Waals surface area contributed by atoms with E-state index in [-0.39, 0.29) is 23.8 Å². The van der Waals surface area contributed by atoms with E-state index in [4.69, 9.17) is 4.74 Å². The molecule has 30 heavy (non-hydrogen) atoms. The predicted octanol–water partition coefficient (Wildman–Crippen LogP) is 3.72. The average Bonchev–Trinajstić information content (AvgIpc) is 3.58. The van der Waals surface area contributed by atoms with Crippen LogP contribution in [-0.2, 0) is 9.59 Å². The number of carbonyl (C=O) groups excluding carboxylic acids is 2. The van der Waals surface area contributed by atoms with Gasteiger partial charge in [0.1, 0.15) is 5.75 Å². The quantitative estimate of drug-likeness (QED) is 0.734. The van der Waals surface area contributed by atoms with E-state index in [9.17, 15) is 9.59 Å². The molecule has 2 amide bonds. The molecule has 1 saturated carbocycles. The number of anilines is 1. The second-order valence-electron chi connectivity index (χ2n) is 8.29. The molecule has 6 heteroatoms. The first-order chi connectivity index (χ1) is 14.6. The summed E-state index contributed by atoms with van der Waals surface area (Å²) in [4.78, 5) is 26.7. The van der Waals surface area contributed by atoms with Crippen molar-refractivity contribution in [3.8, 4) is 11.5 Å². The normalized spacial score (nSPS) is 17.4. The van der Waals surface area contributed by atoms with Gasteiger partial charge in [-0.2, -0.15) is 0 Å². The van der Waals surface area contributed by atoms with Gasteiger partial charge in [0.15, 0.2) is 5.75 Å². The number of nitrogens with zero attached hydrogens (tertiary/aromatic N) is 1. The highest BCUT2D eigenvalue weighted by Gasteiger charge is 2.31. The molecule has 2 fully saturated rings. The Bertz CT molecular complexity index is 885. The minimum absolute atomic E-state index is 0.0598. The van der Waals surface area contributed by atoms with Crippen LogP contribution in [0, 0.1) is 12.8 Å². The third kappa shape index (κ3) is 5.60. The summed E-state index contributed by atoms with van der Waals surface area (Å²) in [5.74, 6) is 1.75. The van der Waals surface area contributed by atoms with E-state index in [1.807, 2.05) is 55.5 Å². The Kier molecular flexibility index (Phi) is 6.33. The number of rotatable bonds is 7. The van der Waals surface area contributed by atoms with Crippen molar-refractivity contribution in [3.63, 3.8) is 0 Å². The first kappa shape index (κ1) is 20.4. The lowest BCUT2D eigenvalue weighted by Crippen LogP contribution is -2.46. The number of ether oxygens (including phenoxy) is 1. The lowest BCUT2D eigenvalue weighted by Gasteiger charge is -2.31. The summed E-state index contributed by atoms with van der Waals surface area (Å²) in [6, 6.07) is 15.5. The Morgan fingerprint density at radius 1 is 1.00 bits per heavy atom. The standard InChI is InChI=1S/C24H29N3O3/c1-17-6-10-20(11-7-17)30-22-5-3-2-4-21(22)26-23(28)16-27-14-12-19(13-15-27)25-24(29)18-8-9-18/h2-7,10-11,18-19H,8-9,12-16H2,1H3,(H,25,29)(H,26,28). The van der Waals surface area contributed by atoms with Crippen LogP contribution in [0.25, 0.3) is 0 Å². The summed E-state index contributed by atoms with van der Waals surface area (Å²) in [5, 5.41) is 6.13. The third-order valence-electron chi connectivity index (χ3n) is 5.66. The first-order valence-electron chi connectivity index (χ1n) is 10.7. The van der Waals surface area contributed by atoms with Crippen LogP contribution < -0.4 is 15.4 Å². The average molecular weight is 408 g/mol. The van der Waals surface area contributed by atoms with E-state index in [0.29, 0.717) is 18.0 Å². The number of piperidine rings is 1. The van der Waals surface area contributed by atoms with Crippen molar-refractivity contribution >= 4 is 17.5 Å². The fourth-order valence-electron chi connectivity index (χ4n) is 3.68. The van der Waals surface area contributed by atoms with Crippen molar-refractivity contribution < 1.29 is 14.3 Å². The van der Waals surface area contributed by atoms with Crippen LogP contribution in [0.4, 0.5) is 5.69 Å². The number of carbonyl (C=O) groups is 2. The second-order valence-corrected chi connectivity index (χ2v) is 8.29. The minimum Gasteiger partial charge on any atom is -0.455 e. The zero-order chi connectivity index (χ0) is 20.9.